The average Bonchev–Trinajstić information content (AvgIpc) is 2.91. The fraction of sp³-hybridized carbons (Fsp3) is 0.421. The maximum absolute atomic E-state index is 11.7. The highest BCUT2D eigenvalue weighted by molar-refractivity contribution is 5.84. The molecule has 0 aliphatic heterocycles. The molecule has 0 saturated heterocycles. The minimum absolute atomic E-state index is 0.0647. The van der Waals surface area contributed by atoms with Crippen LogP contribution in [0, 0.1) is 0 Å². The van der Waals surface area contributed by atoms with Crippen LogP contribution in [0.4, 0.5) is 0 Å². The van der Waals surface area contributed by atoms with Gasteiger partial charge in [-0.3, -0.25) is 4.79 Å². The van der Waals surface area contributed by atoms with Gasteiger partial charge >= 0.3 is 0 Å². The Kier molecular flexibility index (Phi) is 5.26. The molecule has 124 valence electrons. The molecule has 1 aromatic carbocycles. The Morgan fingerprint density at radius 1 is 1.30 bits per heavy atom. The van der Waals surface area contributed by atoms with Crippen molar-refractivity contribution in [3.05, 3.63) is 48.3 Å². The summed E-state index contributed by atoms with van der Waals surface area (Å²) in [6.07, 6.45) is 6.16. The number of rotatable bonds is 6. The van der Waals surface area contributed by atoms with Crippen molar-refractivity contribution in [3.8, 4) is 0 Å². The lowest BCUT2D eigenvalue weighted by atomic mass is 9.81. The van der Waals surface area contributed by atoms with Gasteiger partial charge in [0.1, 0.15) is 0 Å². The molecule has 23 heavy (non-hydrogen) atoms. The van der Waals surface area contributed by atoms with Gasteiger partial charge in [-0.15, -0.1) is 0 Å². The zero-order chi connectivity index (χ0) is 17.0. The molecular formula is C19H27N3O. The third-order valence-electron chi connectivity index (χ3n) is 4.22. The molecule has 0 fully saturated rings. The van der Waals surface area contributed by atoms with E-state index in [9.17, 15) is 4.79 Å². The highest BCUT2D eigenvalue weighted by Gasteiger charge is 2.27. The van der Waals surface area contributed by atoms with Crippen molar-refractivity contribution >= 4 is 16.8 Å². The topological polar surface area (TPSA) is 39.3 Å². The van der Waals surface area contributed by atoms with E-state index in [1.807, 2.05) is 19.2 Å². The lowest BCUT2D eigenvalue weighted by Crippen LogP contribution is -2.34. The van der Waals surface area contributed by atoms with Crippen LogP contribution in [0.15, 0.2) is 42.7 Å². The van der Waals surface area contributed by atoms with Crippen LogP contribution in [0.1, 0.15) is 26.3 Å². The molecule has 0 saturated carbocycles. The maximum atomic E-state index is 11.7. The Hall–Kier alpha value is -2.07. The maximum Gasteiger partial charge on any atom is 0.223 e. The largest absolute Gasteiger partial charge is 0.361 e. The van der Waals surface area contributed by atoms with Gasteiger partial charge in [0.25, 0.3) is 0 Å². The van der Waals surface area contributed by atoms with Crippen molar-refractivity contribution in [1.29, 1.82) is 0 Å². The summed E-state index contributed by atoms with van der Waals surface area (Å²) in [5.74, 6) is 0.0647. The average molecular weight is 313 g/mol. The predicted octanol–water partition coefficient (Wildman–Crippen LogP) is 3.37. The Bertz CT molecular complexity index is 701. The molecule has 1 heterocycles. The number of benzene rings is 1. The molecule has 1 aromatic heterocycles. The van der Waals surface area contributed by atoms with E-state index in [0.29, 0.717) is 6.54 Å². The number of carbonyl (C=O) groups is 1. The van der Waals surface area contributed by atoms with Crippen molar-refractivity contribution in [2.24, 2.45) is 0 Å². The number of aromatic amines is 1. The monoisotopic (exact) mass is 313 g/mol. The Labute approximate surface area is 138 Å². The van der Waals surface area contributed by atoms with E-state index >= 15 is 0 Å². The summed E-state index contributed by atoms with van der Waals surface area (Å²) < 4.78 is 0. The molecule has 0 aliphatic carbocycles. The first kappa shape index (κ1) is 17.3. The van der Waals surface area contributed by atoms with Crippen molar-refractivity contribution < 1.29 is 4.79 Å². The summed E-state index contributed by atoms with van der Waals surface area (Å²) in [5.41, 5.74) is 2.20. The lowest BCUT2D eigenvalue weighted by Gasteiger charge is -2.30. The molecule has 2 rings (SSSR count). The van der Waals surface area contributed by atoms with E-state index in [1.54, 1.807) is 11.8 Å². The zero-order valence-corrected chi connectivity index (χ0v) is 14.8. The van der Waals surface area contributed by atoms with Gasteiger partial charge in [0, 0.05) is 48.7 Å². The van der Waals surface area contributed by atoms with Crippen molar-refractivity contribution in [1.82, 2.24) is 14.8 Å². The highest BCUT2D eigenvalue weighted by Crippen LogP contribution is 2.32. The fourth-order valence-electron chi connectivity index (χ4n) is 3.12. The van der Waals surface area contributed by atoms with Gasteiger partial charge in [-0.05, 0) is 32.6 Å². The summed E-state index contributed by atoms with van der Waals surface area (Å²) in [5, 5.41) is 1.23. The van der Waals surface area contributed by atoms with Gasteiger partial charge < -0.3 is 14.8 Å². The van der Waals surface area contributed by atoms with E-state index in [0.717, 1.165) is 12.1 Å². The molecule has 4 nitrogen and oxygen atoms in total. The number of nitrogens with one attached hydrogen (secondary N) is 1. The number of carbonyl (C=O) groups excluding carboxylic acids is 1. The first-order valence-electron chi connectivity index (χ1n) is 8.05. The molecular weight excluding hydrogens is 286 g/mol. The Balaban J connectivity index is 2.47. The molecule has 0 aliphatic rings. The fourth-order valence-corrected chi connectivity index (χ4v) is 3.12. The molecule has 0 spiro atoms. The molecule has 1 N–H and O–H groups in total. The number of hydrogen-bond donors (Lipinski definition) is 1. The summed E-state index contributed by atoms with van der Waals surface area (Å²) in [4.78, 5) is 18.9. The van der Waals surface area contributed by atoms with Gasteiger partial charge in [0.2, 0.25) is 5.91 Å². The zero-order valence-electron chi connectivity index (χ0n) is 14.8. The van der Waals surface area contributed by atoms with Crippen LogP contribution >= 0.6 is 0 Å². The first-order valence-corrected chi connectivity index (χ1v) is 8.05. The van der Waals surface area contributed by atoms with Crippen LogP contribution < -0.4 is 0 Å². The van der Waals surface area contributed by atoms with Crippen LogP contribution in [0.5, 0.6) is 0 Å². The smallest absolute Gasteiger partial charge is 0.223 e. The number of hydrogen-bond acceptors (Lipinski definition) is 2. The van der Waals surface area contributed by atoms with Crippen molar-refractivity contribution in [2.75, 3.05) is 27.2 Å². The number of likely N-dealkylation sites (N-methyl/N-ethyl adjacent to an activating group) is 1. The van der Waals surface area contributed by atoms with Gasteiger partial charge in [-0.25, -0.2) is 0 Å². The van der Waals surface area contributed by atoms with Crippen LogP contribution in [0.3, 0.4) is 0 Å². The van der Waals surface area contributed by atoms with E-state index in [2.05, 4.69) is 61.4 Å². The van der Waals surface area contributed by atoms with Gasteiger partial charge in [0.15, 0.2) is 0 Å². The number of amides is 1. The molecule has 0 radical (unpaired) electrons. The molecule has 0 bridgehead atoms. The quantitative estimate of drug-likeness (QED) is 0.888. The number of para-hydroxylation sites is 1. The van der Waals surface area contributed by atoms with E-state index in [4.69, 9.17) is 0 Å². The van der Waals surface area contributed by atoms with Gasteiger partial charge in [-0.1, -0.05) is 31.2 Å². The first-order chi connectivity index (χ1) is 10.9. The van der Waals surface area contributed by atoms with Gasteiger partial charge in [-0.2, -0.15) is 0 Å². The SMILES string of the molecule is CCN(C=CC(C)(CN(C)C)c1c[nH]c2ccccc12)C(C)=O. The normalized spacial score (nSPS) is 14.5. The summed E-state index contributed by atoms with van der Waals surface area (Å²) in [6.45, 7) is 7.34. The Morgan fingerprint density at radius 3 is 2.61 bits per heavy atom. The van der Waals surface area contributed by atoms with Crippen LogP contribution in [-0.2, 0) is 10.2 Å². The second-order valence-corrected chi connectivity index (χ2v) is 6.52. The van der Waals surface area contributed by atoms with Crippen LogP contribution in [-0.4, -0.2) is 47.9 Å². The second-order valence-electron chi connectivity index (χ2n) is 6.52. The van der Waals surface area contributed by atoms with E-state index in [-0.39, 0.29) is 11.3 Å². The van der Waals surface area contributed by atoms with Crippen molar-refractivity contribution in [3.63, 3.8) is 0 Å². The minimum Gasteiger partial charge on any atom is -0.361 e. The summed E-state index contributed by atoms with van der Waals surface area (Å²) in [6, 6.07) is 8.34. The predicted molar refractivity (Wildman–Crippen MR) is 96.4 cm³/mol. The molecule has 4 heteroatoms. The summed E-state index contributed by atoms with van der Waals surface area (Å²) in [7, 11) is 4.15. The van der Waals surface area contributed by atoms with Gasteiger partial charge in [0.05, 0.1) is 0 Å². The molecule has 2 aromatic rings. The van der Waals surface area contributed by atoms with E-state index in [1.165, 1.54) is 10.9 Å². The van der Waals surface area contributed by atoms with E-state index < -0.39 is 0 Å². The second kappa shape index (κ2) is 7.01. The summed E-state index contributed by atoms with van der Waals surface area (Å²) >= 11 is 0. The Morgan fingerprint density at radius 2 is 2.00 bits per heavy atom. The standard InChI is InChI=1S/C19H27N3O/c1-6-22(15(2)23)12-11-19(3,14-21(4)5)17-13-20-18-10-8-7-9-16(17)18/h7-13,20H,6,14H2,1-5H3. The molecule has 1 atom stereocenters. The number of aromatic nitrogens is 1. The number of H-pyrrole nitrogens is 1. The van der Waals surface area contributed by atoms with Crippen LogP contribution in [0.2, 0.25) is 0 Å². The molecule has 1 unspecified atom stereocenters. The lowest BCUT2D eigenvalue weighted by molar-refractivity contribution is -0.126. The van der Waals surface area contributed by atoms with Crippen LogP contribution in [0.25, 0.3) is 10.9 Å². The number of fused-ring (bicyclic) bond motifs is 1. The van der Waals surface area contributed by atoms with Crippen molar-refractivity contribution in [2.45, 2.75) is 26.2 Å². The molecule has 1 amide bonds. The third-order valence-corrected chi connectivity index (χ3v) is 4.22. The highest BCUT2D eigenvalue weighted by atomic mass is 16.2. The number of nitrogens with zero attached hydrogens (tertiary/aromatic N) is 2. The minimum atomic E-state index is -0.189. The third kappa shape index (κ3) is 3.82.